The quantitative estimate of drug-likeness (QED) is 0.768. The SMILES string of the molecule is Cc1oc(-c2ccc(Cl)c(Cl)c2)nc1C=O. The zero-order valence-corrected chi connectivity index (χ0v) is 9.84. The molecule has 0 N–H and O–H groups in total. The summed E-state index contributed by atoms with van der Waals surface area (Å²) in [4.78, 5) is 14.7. The van der Waals surface area contributed by atoms with Crippen LogP contribution in [0, 0.1) is 6.92 Å². The number of carbonyl (C=O) groups is 1. The maximum Gasteiger partial charge on any atom is 0.227 e. The van der Waals surface area contributed by atoms with Crippen LogP contribution in [0.5, 0.6) is 0 Å². The lowest BCUT2D eigenvalue weighted by atomic mass is 10.2. The molecule has 82 valence electrons. The molecule has 0 bridgehead atoms. The summed E-state index contributed by atoms with van der Waals surface area (Å²) in [6.45, 7) is 1.68. The number of nitrogens with zero attached hydrogens (tertiary/aromatic N) is 1. The van der Waals surface area contributed by atoms with Gasteiger partial charge < -0.3 is 4.42 Å². The first-order valence-corrected chi connectivity index (χ1v) is 5.25. The van der Waals surface area contributed by atoms with E-state index in [0.717, 1.165) is 0 Å². The highest BCUT2D eigenvalue weighted by molar-refractivity contribution is 6.42. The number of aryl methyl sites for hydroxylation is 1. The third-order valence-corrected chi connectivity index (χ3v) is 2.85. The lowest BCUT2D eigenvalue weighted by Crippen LogP contribution is -1.82. The van der Waals surface area contributed by atoms with Crippen LogP contribution >= 0.6 is 23.2 Å². The Morgan fingerprint density at radius 2 is 2.06 bits per heavy atom. The Hall–Kier alpha value is -1.32. The van der Waals surface area contributed by atoms with Crippen LogP contribution in [0.3, 0.4) is 0 Å². The van der Waals surface area contributed by atoms with Crippen LogP contribution in [0.1, 0.15) is 16.2 Å². The molecule has 0 saturated heterocycles. The molecule has 3 nitrogen and oxygen atoms in total. The number of aromatic nitrogens is 1. The van der Waals surface area contributed by atoms with Gasteiger partial charge in [-0.2, -0.15) is 0 Å². The Morgan fingerprint density at radius 3 is 2.62 bits per heavy atom. The number of carbonyl (C=O) groups excluding carboxylic acids is 1. The molecule has 0 radical (unpaired) electrons. The second-order valence-corrected chi connectivity index (χ2v) is 4.02. The minimum Gasteiger partial charge on any atom is -0.441 e. The van der Waals surface area contributed by atoms with E-state index in [1.165, 1.54) is 0 Å². The summed E-state index contributed by atoms with van der Waals surface area (Å²) >= 11 is 11.7. The van der Waals surface area contributed by atoms with E-state index >= 15 is 0 Å². The third-order valence-electron chi connectivity index (χ3n) is 2.11. The van der Waals surface area contributed by atoms with Gasteiger partial charge in [0.1, 0.15) is 11.5 Å². The fourth-order valence-corrected chi connectivity index (χ4v) is 1.57. The van der Waals surface area contributed by atoms with Gasteiger partial charge >= 0.3 is 0 Å². The molecule has 5 heteroatoms. The minimum atomic E-state index is 0.293. The highest BCUT2D eigenvalue weighted by Crippen LogP contribution is 2.28. The fraction of sp³-hybridized carbons (Fsp3) is 0.0909. The topological polar surface area (TPSA) is 43.1 Å². The van der Waals surface area contributed by atoms with Crippen molar-refractivity contribution in [3.05, 3.63) is 39.7 Å². The van der Waals surface area contributed by atoms with Crippen LogP contribution in [0.4, 0.5) is 0 Å². The molecule has 0 atom stereocenters. The minimum absolute atomic E-state index is 0.293. The van der Waals surface area contributed by atoms with Crippen LogP contribution < -0.4 is 0 Å². The van der Waals surface area contributed by atoms with Crippen molar-refractivity contribution in [1.29, 1.82) is 0 Å². The van der Waals surface area contributed by atoms with Gasteiger partial charge in [-0.1, -0.05) is 23.2 Å². The van der Waals surface area contributed by atoms with Crippen molar-refractivity contribution < 1.29 is 9.21 Å². The largest absolute Gasteiger partial charge is 0.441 e. The van der Waals surface area contributed by atoms with Crippen LogP contribution in [-0.4, -0.2) is 11.3 Å². The van der Waals surface area contributed by atoms with Crippen LogP contribution in [0.2, 0.25) is 10.0 Å². The Kier molecular flexibility index (Phi) is 2.99. The molecule has 0 saturated carbocycles. The highest BCUT2D eigenvalue weighted by atomic mass is 35.5. The van der Waals surface area contributed by atoms with Gasteiger partial charge in [-0.15, -0.1) is 0 Å². The number of aldehydes is 1. The predicted molar refractivity (Wildman–Crippen MR) is 62.1 cm³/mol. The van der Waals surface area contributed by atoms with Crippen LogP contribution in [0.15, 0.2) is 22.6 Å². The van der Waals surface area contributed by atoms with Crippen molar-refractivity contribution in [2.24, 2.45) is 0 Å². The molecule has 0 spiro atoms. The number of hydrogen-bond donors (Lipinski definition) is 0. The van der Waals surface area contributed by atoms with Gasteiger partial charge in [-0.3, -0.25) is 4.79 Å². The molecule has 1 aromatic heterocycles. The lowest BCUT2D eigenvalue weighted by Gasteiger charge is -1.98. The average Bonchev–Trinajstić information content (AvgIpc) is 2.64. The summed E-state index contributed by atoms with van der Waals surface area (Å²) < 4.78 is 5.34. The summed E-state index contributed by atoms with van der Waals surface area (Å²) in [6, 6.07) is 5.02. The zero-order valence-electron chi connectivity index (χ0n) is 8.33. The summed E-state index contributed by atoms with van der Waals surface area (Å²) in [7, 11) is 0. The van der Waals surface area contributed by atoms with Gasteiger partial charge in [-0.05, 0) is 25.1 Å². The van der Waals surface area contributed by atoms with Gasteiger partial charge in [0, 0.05) is 5.56 Å². The van der Waals surface area contributed by atoms with E-state index in [1.54, 1.807) is 25.1 Å². The molecule has 0 aliphatic carbocycles. The normalized spacial score (nSPS) is 10.4. The number of benzene rings is 1. The van der Waals surface area contributed by atoms with E-state index in [9.17, 15) is 4.79 Å². The first-order valence-electron chi connectivity index (χ1n) is 4.50. The predicted octanol–water partition coefficient (Wildman–Crippen LogP) is 3.77. The molecule has 0 unspecified atom stereocenters. The molecule has 2 rings (SSSR count). The standard InChI is InChI=1S/C11H7Cl2NO2/c1-6-10(5-15)14-11(16-6)7-2-3-8(12)9(13)4-7/h2-5H,1H3. The van der Waals surface area contributed by atoms with Crippen LogP contribution in [-0.2, 0) is 0 Å². The van der Waals surface area contributed by atoms with Gasteiger partial charge in [0.25, 0.3) is 0 Å². The van der Waals surface area contributed by atoms with E-state index in [1.807, 2.05) is 0 Å². The molecule has 0 amide bonds. The van der Waals surface area contributed by atoms with Crippen molar-refractivity contribution in [3.63, 3.8) is 0 Å². The maximum absolute atomic E-state index is 10.6. The summed E-state index contributed by atoms with van der Waals surface area (Å²) in [5.74, 6) is 0.842. The molecular weight excluding hydrogens is 249 g/mol. The first-order chi connectivity index (χ1) is 7.61. The molecule has 0 aliphatic rings. The van der Waals surface area contributed by atoms with Crippen molar-refractivity contribution in [2.75, 3.05) is 0 Å². The van der Waals surface area contributed by atoms with Crippen molar-refractivity contribution in [1.82, 2.24) is 4.98 Å². The molecule has 0 fully saturated rings. The summed E-state index contributed by atoms with van der Waals surface area (Å²) in [5, 5.41) is 0.881. The number of rotatable bonds is 2. The summed E-state index contributed by atoms with van der Waals surface area (Å²) in [5.41, 5.74) is 0.978. The Bertz CT molecular complexity index is 549. The highest BCUT2D eigenvalue weighted by Gasteiger charge is 2.11. The first kappa shape index (κ1) is 11.2. The van der Waals surface area contributed by atoms with E-state index in [-0.39, 0.29) is 0 Å². The van der Waals surface area contributed by atoms with E-state index in [2.05, 4.69) is 4.98 Å². The number of halogens is 2. The zero-order chi connectivity index (χ0) is 11.7. The second-order valence-electron chi connectivity index (χ2n) is 3.21. The van der Waals surface area contributed by atoms with Crippen molar-refractivity contribution >= 4 is 29.5 Å². The van der Waals surface area contributed by atoms with E-state index in [4.69, 9.17) is 27.6 Å². The second kappa shape index (κ2) is 4.28. The van der Waals surface area contributed by atoms with E-state index < -0.39 is 0 Å². The van der Waals surface area contributed by atoms with Gasteiger partial charge in [-0.25, -0.2) is 4.98 Å². The van der Waals surface area contributed by atoms with Gasteiger partial charge in [0.15, 0.2) is 6.29 Å². The monoisotopic (exact) mass is 255 g/mol. The van der Waals surface area contributed by atoms with Crippen LogP contribution in [0.25, 0.3) is 11.5 Å². The molecule has 16 heavy (non-hydrogen) atoms. The molecule has 2 aromatic rings. The molecule has 1 aromatic carbocycles. The van der Waals surface area contributed by atoms with Gasteiger partial charge in [0.05, 0.1) is 10.0 Å². The van der Waals surface area contributed by atoms with Crippen molar-refractivity contribution in [2.45, 2.75) is 6.92 Å². The molecule has 1 heterocycles. The summed E-state index contributed by atoms with van der Waals surface area (Å²) in [6.07, 6.45) is 0.653. The average molecular weight is 256 g/mol. The number of oxazole rings is 1. The molecular formula is C11H7Cl2NO2. The van der Waals surface area contributed by atoms with E-state index in [0.29, 0.717) is 39.2 Å². The fourth-order valence-electron chi connectivity index (χ4n) is 1.27. The Balaban J connectivity index is 2.50. The lowest BCUT2D eigenvalue weighted by molar-refractivity contribution is 0.111. The Labute approximate surface area is 102 Å². The number of hydrogen-bond acceptors (Lipinski definition) is 3. The maximum atomic E-state index is 10.6. The van der Waals surface area contributed by atoms with Gasteiger partial charge in [0.2, 0.25) is 5.89 Å². The van der Waals surface area contributed by atoms with Crippen molar-refractivity contribution in [3.8, 4) is 11.5 Å². The molecule has 0 aliphatic heterocycles. The Morgan fingerprint density at radius 1 is 1.31 bits per heavy atom. The third kappa shape index (κ3) is 1.96. The smallest absolute Gasteiger partial charge is 0.227 e.